The summed E-state index contributed by atoms with van der Waals surface area (Å²) < 4.78 is 10.9. The number of esters is 1. The van der Waals surface area contributed by atoms with Gasteiger partial charge in [0.1, 0.15) is 11.3 Å². The summed E-state index contributed by atoms with van der Waals surface area (Å²) in [4.78, 5) is 44.3. The van der Waals surface area contributed by atoms with Crippen molar-refractivity contribution in [2.24, 2.45) is 11.8 Å². The summed E-state index contributed by atoms with van der Waals surface area (Å²) in [5, 5.41) is 0.448. The molecule has 3 aliphatic rings. The number of hydrogen-bond acceptors (Lipinski definition) is 7. The van der Waals surface area contributed by atoms with Crippen LogP contribution in [0.3, 0.4) is 0 Å². The molecule has 3 saturated heterocycles. The average Bonchev–Trinajstić information content (AvgIpc) is 3.42. The van der Waals surface area contributed by atoms with Gasteiger partial charge in [-0.15, -0.1) is 11.8 Å². The van der Waals surface area contributed by atoms with E-state index in [1.165, 1.54) is 12.0 Å². The third kappa shape index (κ3) is 3.17. The van der Waals surface area contributed by atoms with Gasteiger partial charge in [0.2, 0.25) is 11.8 Å². The second-order valence-corrected chi connectivity index (χ2v) is 10.3. The minimum absolute atomic E-state index is 0.192. The fourth-order valence-electron chi connectivity index (χ4n) is 5.84. The van der Waals surface area contributed by atoms with Gasteiger partial charge in [-0.1, -0.05) is 19.9 Å². The van der Waals surface area contributed by atoms with Crippen molar-refractivity contribution in [2.75, 3.05) is 27.3 Å². The predicted octanol–water partition coefficient (Wildman–Crippen LogP) is 3.27. The molecule has 0 aromatic heterocycles. The Hall–Kier alpha value is -2.06. The van der Waals surface area contributed by atoms with Crippen molar-refractivity contribution in [1.29, 1.82) is 0 Å². The van der Waals surface area contributed by atoms with E-state index < -0.39 is 23.3 Å². The fourth-order valence-corrected chi connectivity index (χ4v) is 6.84. The lowest BCUT2D eigenvalue weighted by molar-refractivity contribution is -0.159. The number of thioether (sulfide) groups is 1. The number of nitrogens with zero attached hydrogens (tertiary/aromatic N) is 2. The highest BCUT2D eigenvalue weighted by molar-refractivity contribution is 8.00. The lowest BCUT2D eigenvalue weighted by atomic mass is 9.77. The molecule has 1 aromatic rings. The van der Waals surface area contributed by atoms with E-state index in [1.54, 1.807) is 25.8 Å². The molecule has 4 rings (SSSR count). The monoisotopic (exact) mass is 460 g/mol. The maximum atomic E-state index is 13.4. The number of rotatable bonds is 7. The van der Waals surface area contributed by atoms with Crippen molar-refractivity contribution < 1.29 is 23.9 Å². The predicted molar refractivity (Wildman–Crippen MR) is 121 cm³/mol. The molecule has 0 N–H and O–H groups in total. The number of amides is 2. The van der Waals surface area contributed by atoms with Gasteiger partial charge in [-0.25, -0.2) is 0 Å². The zero-order valence-corrected chi connectivity index (χ0v) is 20.2. The molecule has 0 radical (unpaired) electrons. The first-order chi connectivity index (χ1) is 15.3. The third-order valence-corrected chi connectivity index (χ3v) is 8.72. The summed E-state index contributed by atoms with van der Waals surface area (Å²) in [7, 11) is 3.01. The first-order valence-corrected chi connectivity index (χ1v) is 12.3. The summed E-state index contributed by atoms with van der Waals surface area (Å²) >= 11 is 1.76. The molecule has 1 unspecified atom stereocenters. The molecule has 3 heterocycles. The molecule has 0 saturated carbocycles. The highest BCUT2D eigenvalue weighted by Crippen LogP contribution is 2.59. The van der Waals surface area contributed by atoms with Crippen LogP contribution in [-0.4, -0.2) is 65.7 Å². The number of benzene rings is 1. The highest BCUT2D eigenvalue weighted by atomic mass is 32.2. The van der Waals surface area contributed by atoms with Gasteiger partial charge >= 0.3 is 5.97 Å². The topological polar surface area (TPSA) is 76.2 Å². The van der Waals surface area contributed by atoms with Gasteiger partial charge in [0, 0.05) is 22.7 Å². The van der Waals surface area contributed by atoms with Crippen molar-refractivity contribution in [3.63, 3.8) is 0 Å². The number of imide groups is 1. The van der Waals surface area contributed by atoms with Gasteiger partial charge in [0.05, 0.1) is 26.1 Å². The largest absolute Gasteiger partial charge is 0.496 e. The minimum Gasteiger partial charge on any atom is -0.496 e. The molecule has 5 atom stereocenters. The first kappa shape index (κ1) is 23.1. The standard InChI is InChI=1S/C24H32N2O5S/c1-6-14(3)32-17-10-9-15(13-16(17)30-4)20-18-19(22(28)25(7-2)21(18)27)24(23(29)31-5)11-8-12-26(20)24/h9-10,13-14,18-20H,6-8,11-12H2,1-5H3/t14?,18-,19-,20+,24-/m0/s1. The third-order valence-electron chi connectivity index (χ3n) is 7.39. The number of methoxy groups -OCH3 is 2. The van der Waals surface area contributed by atoms with Crippen LogP contribution < -0.4 is 4.74 Å². The lowest BCUT2D eigenvalue weighted by Gasteiger charge is -2.36. The SMILES string of the molecule is CCC(C)Sc1ccc([C@@H]2[C@H]3C(=O)N(CC)C(=O)[C@H]3[C@]3(C(=O)OC)CCCN23)cc1OC. The lowest BCUT2D eigenvalue weighted by Crippen LogP contribution is -2.54. The zero-order valence-electron chi connectivity index (χ0n) is 19.4. The van der Waals surface area contributed by atoms with Gasteiger partial charge < -0.3 is 9.47 Å². The van der Waals surface area contributed by atoms with E-state index >= 15 is 0 Å². The van der Waals surface area contributed by atoms with Gasteiger partial charge in [-0.2, -0.15) is 0 Å². The molecular formula is C24H32N2O5S. The quantitative estimate of drug-likeness (QED) is 0.351. The Balaban J connectivity index is 1.82. The maximum Gasteiger partial charge on any atom is 0.327 e. The Morgan fingerprint density at radius 3 is 2.62 bits per heavy atom. The summed E-state index contributed by atoms with van der Waals surface area (Å²) in [6, 6.07) is 5.66. The van der Waals surface area contributed by atoms with E-state index in [9.17, 15) is 14.4 Å². The fraction of sp³-hybridized carbons (Fsp3) is 0.625. The Bertz CT molecular complexity index is 937. The van der Waals surface area contributed by atoms with Gasteiger partial charge in [-0.05, 0) is 50.4 Å². The number of hydrogen-bond donors (Lipinski definition) is 0. The van der Waals surface area contributed by atoms with E-state index in [1.807, 2.05) is 18.2 Å². The smallest absolute Gasteiger partial charge is 0.327 e. The van der Waals surface area contributed by atoms with E-state index in [4.69, 9.17) is 9.47 Å². The number of carbonyl (C=O) groups excluding carboxylic acids is 3. The molecule has 0 aliphatic carbocycles. The van der Waals surface area contributed by atoms with Crippen LogP contribution in [0, 0.1) is 11.8 Å². The molecule has 0 bridgehead atoms. The maximum absolute atomic E-state index is 13.4. The average molecular weight is 461 g/mol. The molecule has 0 spiro atoms. The molecule has 7 nitrogen and oxygen atoms in total. The summed E-state index contributed by atoms with van der Waals surface area (Å²) in [6.45, 7) is 7.08. The van der Waals surface area contributed by atoms with Crippen LogP contribution in [0.5, 0.6) is 5.75 Å². The number of likely N-dealkylation sites (tertiary alicyclic amines) is 1. The van der Waals surface area contributed by atoms with E-state index in [2.05, 4.69) is 18.7 Å². The molecule has 1 aromatic carbocycles. The number of ether oxygens (including phenoxy) is 2. The minimum atomic E-state index is -1.09. The van der Waals surface area contributed by atoms with Crippen LogP contribution in [0.15, 0.2) is 23.1 Å². The molecule has 8 heteroatoms. The number of fused-ring (bicyclic) bond motifs is 3. The number of carbonyl (C=O) groups is 3. The van der Waals surface area contributed by atoms with Crippen LogP contribution in [-0.2, 0) is 19.1 Å². The van der Waals surface area contributed by atoms with Gasteiger partial charge in [0.25, 0.3) is 0 Å². The van der Waals surface area contributed by atoms with Crippen molar-refractivity contribution in [2.45, 2.75) is 61.8 Å². The van der Waals surface area contributed by atoms with Gasteiger partial charge in [-0.3, -0.25) is 24.2 Å². The summed E-state index contributed by atoms with van der Waals surface area (Å²) in [5.74, 6) is -1.42. The molecule has 32 heavy (non-hydrogen) atoms. The summed E-state index contributed by atoms with van der Waals surface area (Å²) in [5.41, 5.74) is -0.185. The van der Waals surface area contributed by atoms with Crippen molar-refractivity contribution in [3.8, 4) is 5.75 Å². The molecule has 174 valence electrons. The molecule has 3 aliphatic heterocycles. The van der Waals surface area contributed by atoms with Crippen molar-refractivity contribution in [3.05, 3.63) is 23.8 Å². The Kier molecular flexibility index (Phi) is 6.29. The van der Waals surface area contributed by atoms with E-state index in [0.29, 0.717) is 24.8 Å². The van der Waals surface area contributed by atoms with Gasteiger partial charge in [0.15, 0.2) is 0 Å². The van der Waals surface area contributed by atoms with E-state index in [0.717, 1.165) is 29.1 Å². The Labute approximate surface area is 193 Å². The highest BCUT2D eigenvalue weighted by Gasteiger charge is 2.73. The van der Waals surface area contributed by atoms with Crippen LogP contribution in [0.4, 0.5) is 0 Å². The van der Waals surface area contributed by atoms with Crippen LogP contribution in [0.25, 0.3) is 0 Å². The summed E-state index contributed by atoms with van der Waals surface area (Å²) in [6.07, 6.45) is 2.34. The van der Waals surface area contributed by atoms with Crippen LogP contribution in [0.2, 0.25) is 0 Å². The Morgan fingerprint density at radius 2 is 2.00 bits per heavy atom. The van der Waals surface area contributed by atoms with Crippen molar-refractivity contribution in [1.82, 2.24) is 9.80 Å². The normalized spacial score (nSPS) is 30.4. The Morgan fingerprint density at radius 1 is 1.25 bits per heavy atom. The molecule has 3 fully saturated rings. The van der Waals surface area contributed by atoms with Crippen LogP contribution >= 0.6 is 11.8 Å². The second kappa shape index (κ2) is 8.71. The van der Waals surface area contributed by atoms with Crippen LogP contribution in [0.1, 0.15) is 51.6 Å². The second-order valence-electron chi connectivity index (χ2n) is 8.83. The molecular weight excluding hydrogens is 428 g/mol. The first-order valence-electron chi connectivity index (χ1n) is 11.4. The van der Waals surface area contributed by atoms with E-state index in [-0.39, 0.29) is 17.9 Å². The zero-order chi connectivity index (χ0) is 23.2. The molecule has 2 amide bonds. The van der Waals surface area contributed by atoms with Crippen molar-refractivity contribution >= 4 is 29.5 Å².